The molecular formula is C16H15N5O2. The Hall–Kier alpha value is -3.22. The summed E-state index contributed by atoms with van der Waals surface area (Å²) in [6.07, 6.45) is 3.79. The number of carbonyl (C=O) groups is 1. The van der Waals surface area contributed by atoms with Crippen LogP contribution in [-0.4, -0.2) is 21.2 Å². The van der Waals surface area contributed by atoms with E-state index in [1.54, 1.807) is 24.5 Å². The average molecular weight is 309 g/mol. The van der Waals surface area contributed by atoms with Gasteiger partial charge in [-0.1, -0.05) is 35.5 Å². The summed E-state index contributed by atoms with van der Waals surface area (Å²) in [5.41, 5.74) is 1.76. The molecule has 116 valence electrons. The van der Waals surface area contributed by atoms with Gasteiger partial charge in [0.1, 0.15) is 0 Å². The van der Waals surface area contributed by atoms with Crippen LogP contribution in [-0.2, 0) is 13.0 Å². The Labute approximate surface area is 132 Å². The number of hydrogen-bond donors (Lipinski definition) is 2. The number of anilines is 1. The molecule has 2 heterocycles. The van der Waals surface area contributed by atoms with Gasteiger partial charge >= 0.3 is 6.03 Å². The van der Waals surface area contributed by atoms with Gasteiger partial charge in [0.2, 0.25) is 5.89 Å². The fourth-order valence-electron chi connectivity index (χ4n) is 1.98. The standard InChI is InChI=1S/C16H15N5O2/c22-16(19-13-6-8-17-9-7-13)18-11-15-20-14(21-23-15)10-12-4-2-1-3-5-12/h1-9H,10-11H2,(H2,17,18,19,22). The van der Waals surface area contributed by atoms with Gasteiger partial charge in [-0.3, -0.25) is 4.98 Å². The Morgan fingerprint density at radius 1 is 1.09 bits per heavy atom. The van der Waals surface area contributed by atoms with Gasteiger partial charge in [0.15, 0.2) is 5.82 Å². The molecule has 3 rings (SSSR count). The maximum Gasteiger partial charge on any atom is 0.319 e. The molecular weight excluding hydrogens is 294 g/mol. The van der Waals surface area contributed by atoms with Crippen molar-refractivity contribution in [3.63, 3.8) is 0 Å². The molecule has 23 heavy (non-hydrogen) atoms. The third-order valence-electron chi connectivity index (χ3n) is 3.05. The van der Waals surface area contributed by atoms with E-state index in [0.717, 1.165) is 5.56 Å². The van der Waals surface area contributed by atoms with Crippen LogP contribution in [0.3, 0.4) is 0 Å². The number of pyridine rings is 1. The van der Waals surface area contributed by atoms with E-state index < -0.39 is 0 Å². The molecule has 1 aromatic carbocycles. The molecule has 0 fully saturated rings. The Balaban J connectivity index is 1.50. The largest absolute Gasteiger partial charge is 0.337 e. The summed E-state index contributed by atoms with van der Waals surface area (Å²) < 4.78 is 5.12. The fraction of sp³-hybridized carbons (Fsp3) is 0.125. The summed E-state index contributed by atoms with van der Waals surface area (Å²) in [5.74, 6) is 0.948. The molecule has 3 aromatic rings. The molecule has 0 aliphatic rings. The minimum atomic E-state index is -0.348. The lowest BCUT2D eigenvalue weighted by Gasteiger charge is -2.04. The number of rotatable bonds is 5. The van der Waals surface area contributed by atoms with Crippen molar-refractivity contribution in [2.75, 3.05) is 5.32 Å². The Kier molecular flexibility index (Phi) is 4.58. The van der Waals surface area contributed by atoms with Crippen LogP contribution >= 0.6 is 0 Å². The number of amides is 2. The van der Waals surface area contributed by atoms with Crippen LogP contribution in [0.1, 0.15) is 17.3 Å². The van der Waals surface area contributed by atoms with Crippen LogP contribution in [0.2, 0.25) is 0 Å². The van der Waals surface area contributed by atoms with E-state index in [-0.39, 0.29) is 12.6 Å². The zero-order valence-corrected chi connectivity index (χ0v) is 12.3. The predicted octanol–water partition coefficient (Wildman–Crippen LogP) is 2.38. The molecule has 2 amide bonds. The third kappa shape index (κ3) is 4.37. The second kappa shape index (κ2) is 7.17. The number of hydrogen-bond acceptors (Lipinski definition) is 5. The van der Waals surface area contributed by atoms with E-state index in [1.165, 1.54) is 0 Å². The van der Waals surface area contributed by atoms with Gasteiger partial charge in [0.25, 0.3) is 0 Å². The summed E-state index contributed by atoms with van der Waals surface area (Å²) in [4.78, 5) is 19.9. The molecule has 0 saturated carbocycles. The van der Waals surface area contributed by atoms with Crippen molar-refractivity contribution in [3.05, 3.63) is 72.1 Å². The van der Waals surface area contributed by atoms with Crippen molar-refractivity contribution in [2.45, 2.75) is 13.0 Å². The zero-order valence-electron chi connectivity index (χ0n) is 12.3. The van der Waals surface area contributed by atoms with E-state index in [1.807, 2.05) is 30.3 Å². The van der Waals surface area contributed by atoms with Gasteiger partial charge in [-0.05, 0) is 17.7 Å². The van der Waals surface area contributed by atoms with E-state index in [9.17, 15) is 4.79 Å². The summed E-state index contributed by atoms with van der Waals surface area (Å²) in [6.45, 7) is 0.165. The molecule has 7 heteroatoms. The van der Waals surface area contributed by atoms with E-state index >= 15 is 0 Å². The monoisotopic (exact) mass is 309 g/mol. The van der Waals surface area contributed by atoms with Crippen LogP contribution < -0.4 is 10.6 Å². The number of nitrogens with zero attached hydrogens (tertiary/aromatic N) is 3. The maximum absolute atomic E-state index is 11.8. The molecule has 0 unspecified atom stereocenters. The van der Waals surface area contributed by atoms with Crippen molar-refractivity contribution in [1.29, 1.82) is 0 Å². The summed E-state index contributed by atoms with van der Waals surface area (Å²) in [7, 11) is 0. The molecule has 0 bridgehead atoms. The first-order valence-electron chi connectivity index (χ1n) is 7.10. The quantitative estimate of drug-likeness (QED) is 0.755. The van der Waals surface area contributed by atoms with Crippen molar-refractivity contribution in [2.24, 2.45) is 0 Å². The van der Waals surface area contributed by atoms with Crippen LogP contribution in [0.25, 0.3) is 0 Å². The molecule has 0 radical (unpaired) electrons. The van der Waals surface area contributed by atoms with Crippen molar-refractivity contribution in [1.82, 2.24) is 20.4 Å². The molecule has 0 spiro atoms. The number of nitrogens with one attached hydrogen (secondary N) is 2. The number of carbonyl (C=O) groups excluding carboxylic acids is 1. The molecule has 7 nitrogen and oxygen atoms in total. The molecule has 0 aliphatic heterocycles. The van der Waals surface area contributed by atoms with Gasteiger partial charge in [-0.2, -0.15) is 4.98 Å². The second-order valence-electron chi connectivity index (χ2n) is 4.81. The first kappa shape index (κ1) is 14.7. The molecule has 0 aliphatic carbocycles. The minimum Gasteiger partial charge on any atom is -0.337 e. The Bertz CT molecular complexity index is 758. The molecule has 2 aromatic heterocycles. The summed E-state index contributed by atoms with van der Waals surface area (Å²) >= 11 is 0. The van der Waals surface area contributed by atoms with Crippen LogP contribution in [0.5, 0.6) is 0 Å². The van der Waals surface area contributed by atoms with Crippen LogP contribution in [0.15, 0.2) is 59.4 Å². The predicted molar refractivity (Wildman–Crippen MR) is 83.6 cm³/mol. The smallest absolute Gasteiger partial charge is 0.319 e. The van der Waals surface area contributed by atoms with Gasteiger partial charge < -0.3 is 15.2 Å². The molecule has 0 saturated heterocycles. The van der Waals surface area contributed by atoms with Gasteiger partial charge in [0.05, 0.1) is 6.54 Å². The summed E-state index contributed by atoms with van der Waals surface area (Å²) in [6, 6.07) is 12.9. The molecule has 2 N–H and O–H groups in total. The van der Waals surface area contributed by atoms with Gasteiger partial charge in [0, 0.05) is 24.5 Å². The summed E-state index contributed by atoms with van der Waals surface area (Å²) in [5, 5.41) is 9.24. The van der Waals surface area contributed by atoms with Crippen molar-refractivity contribution < 1.29 is 9.32 Å². The highest BCUT2D eigenvalue weighted by molar-refractivity contribution is 5.88. The number of benzene rings is 1. The fourth-order valence-corrected chi connectivity index (χ4v) is 1.98. The first-order valence-corrected chi connectivity index (χ1v) is 7.10. The second-order valence-corrected chi connectivity index (χ2v) is 4.81. The third-order valence-corrected chi connectivity index (χ3v) is 3.05. The van der Waals surface area contributed by atoms with Gasteiger partial charge in [-0.15, -0.1) is 0 Å². The van der Waals surface area contributed by atoms with E-state index in [4.69, 9.17) is 4.52 Å². The molecule has 0 atom stereocenters. The number of urea groups is 1. The highest BCUT2D eigenvalue weighted by Crippen LogP contribution is 2.07. The topological polar surface area (TPSA) is 92.9 Å². The maximum atomic E-state index is 11.8. The average Bonchev–Trinajstić information content (AvgIpc) is 3.02. The van der Waals surface area contributed by atoms with Crippen LogP contribution in [0.4, 0.5) is 10.5 Å². The SMILES string of the molecule is O=C(NCc1nc(Cc2ccccc2)no1)Nc1ccncc1. The normalized spacial score (nSPS) is 10.3. The highest BCUT2D eigenvalue weighted by atomic mass is 16.5. The zero-order chi connectivity index (χ0) is 15.9. The lowest BCUT2D eigenvalue weighted by molar-refractivity contribution is 0.249. The number of aromatic nitrogens is 3. The Morgan fingerprint density at radius 2 is 1.87 bits per heavy atom. The highest BCUT2D eigenvalue weighted by Gasteiger charge is 2.08. The van der Waals surface area contributed by atoms with Crippen molar-refractivity contribution >= 4 is 11.7 Å². The van der Waals surface area contributed by atoms with Crippen LogP contribution in [0, 0.1) is 0 Å². The Morgan fingerprint density at radius 3 is 2.65 bits per heavy atom. The van der Waals surface area contributed by atoms with E-state index in [2.05, 4.69) is 25.8 Å². The lowest BCUT2D eigenvalue weighted by atomic mass is 10.1. The minimum absolute atomic E-state index is 0.165. The van der Waals surface area contributed by atoms with Gasteiger partial charge in [-0.25, -0.2) is 4.79 Å². The van der Waals surface area contributed by atoms with Crippen molar-refractivity contribution in [3.8, 4) is 0 Å². The first-order chi connectivity index (χ1) is 11.3. The lowest BCUT2D eigenvalue weighted by Crippen LogP contribution is -2.28. The van der Waals surface area contributed by atoms with E-state index in [0.29, 0.717) is 23.8 Å².